The summed E-state index contributed by atoms with van der Waals surface area (Å²) >= 11 is 2.62. The number of carbonyl (C=O) groups is 1. The zero-order valence-electron chi connectivity index (χ0n) is 17.5. The third-order valence-corrected chi connectivity index (χ3v) is 6.22. The van der Waals surface area contributed by atoms with Crippen LogP contribution in [0.4, 0.5) is 9.52 Å². The van der Waals surface area contributed by atoms with Crippen LogP contribution in [0.5, 0.6) is 0 Å². The van der Waals surface area contributed by atoms with E-state index in [4.69, 9.17) is 8.83 Å². The minimum Gasteiger partial charge on any atom is -0.463 e. The van der Waals surface area contributed by atoms with Crippen molar-refractivity contribution in [3.63, 3.8) is 0 Å². The topological polar surface area (TPSA) is 107 Å². The molecular formula is C23H16FN5O3S2. The van der Waals surface area contributed by atoms with Crippen molar-refractivity contribution < 1.29 is 18.0 Å². The van der Waals surface area contributed by atoms with Gasteiger partial charge in [-0.1, -0.05) is 11.8 Å². The Morgan fingerprint density at radius 2 is 1.71 bits per heavy atom. The average Bonchev–Trinajstić information content (AvgIpc) is 3.62. The first-order valence-electron chi connectivity index (χ1n) is 10.1. The molecule has 1 N–H and O–H groups in total. The van der Waals surface area contributed by atoms with Gasteiger partial charge in [0.1, 0.15) is 11.5 Å². The summed E-state index contributed by atoms with van der Waals surface area (Å²) in [5.74, 6) is 1.03. The molecule has 8 nitrogen and oxygen atoms in total. The van der Waals surface area contributed by atoms with Crippen molar-refractivity contribution in [1.82, 2.24) is 20.2 Å². The van der Waals surface area contributed by atoms with Crippen LogP contribution in [0.1, 0.15) is 6.42 Å². The molecule has 0 bridgehead atoms. The van der Waals surface area contributed by atoms with Crippen LogP contribution in [0, 0.1) is 5.82 Å². The van der Waals surface area contributed by atoms with E-state index in [0.29, 0.717) is 44.6 Å². The van der Waals surface area contributed by atoms with Crippen molar-refractivity contribution in [2.75, 3.05) is 11.1 Å². The molecule has 0 aliphatic carbocycles. The van der Waals surface area contributed by atoms with Crippen LogP contribution in [0.15, 0.2) is 80.4 Å². The largest absolute Gasteiger partial charge is 0.463 e. The lowest BCUT2D eigenvalue weighted by atomic mass is 10.2. The van der Waals surface area contributed by atoms with E-state index in [9.17, 15) is 9.18 Å². The molecule has 0 aliphatic rings. The number of nitrogens with one attached hydrogen (secondary N) is 1. The van der Waals surface area contributed by atoms with E-state index in [2.05, 4.69) is 25.5 Å². The fourth-order valence-corrected chi connectivity index (χ4v) is 4.50. The van der Waals surface area contributed by atoms with Crippen molar-refractivity contribution in [1.29, 1.82) is 0 Å². The lowest BCUT2D eigenvalue weighted by molar-refractivity contribution is -0.115. The van der Waals surface area contributed by atoms with Gasteiger partial charge in [0, 0.05) is 23.1 Å². The Balaban J connectivity index is 1.20. The van der Waals surface area contributed by atoms with Crippen molar-refractivity contribution >= 4 is 34.1 Å². The lowest BCUT2D eigenvalue weighted by Crippen LogP contribution is -2.12. The first-order valence-corrected chi connectivity index (χ1v) is 12.0. The molecule has 11 heteroatoms. The van der Waals surface area contributed by atoms with Crippen LogP contribution < -0.4 is 5.32 Å². The second kappa shape index (κ2) is 9.98. The molecule has 0 spiro atoms. The van der Waals surface area contributed by atoms with Gasteiger partial charge in [-0.15, -0.1) is 21.5 Å². The minimum absolute atomic E-state index is 0.182. The van der Waals surface area contributed by atoms with Crippen molar-refractivity contribution in [2.45, 2.75) is 11.6 Å². The number of anilines is 1. The van der Waals surface area contributed by atoms with Crippen LogP contribution >= 0.6 is 23.1 Å². The van der Waals surface area contributed by atoms with Crippen LogP contribution in [0.2, 0.25) is 0 Å². The number of rotatable bonds is 8. The zero-order chi connectivity index (χ0) is 23.3. The summed E-state index contributed by atoms with van der Waals surface area (Å²) in [4.78, 5) is 21.3. The molecule has 5 aromatic rings. The first-order chi connectivity index (χ1) is 16.7. The molecule has 4 heterocycles. The summed E-state index contributed by atoms with van der Waals surface area (Å²) in [6, 6.07) is 13.1. The number of furan rings is 2. The highest BCUT2D eigenvalue weighted by Crippen LogP contribution is 2.30. The van der Waals surface area contributed by atoms with Crippen LogP contribution in [-0.2, 0) is 4.79 Å². The van der Waals surface area contributed by atoms with Gasteiger partial charge < -0.3 is 14.2 Å². The number of hydrogen-bond acceptors (Lipinski definition) is 9. The number of thiazole rings is 1. The van der Waals surface area contributed by atoms with E-state index >= 15 is 0 Å². The number of carbonyl (C=O) groups excluding carboxylic acids is 1. The first kappa shape index (κ1) is 22.0. The molecule has 0 atom stereocenters. The number of amides is 1. The third-order valence-electron chi connectivity index (χ3n) is 4.63. The molecule has 0 aliphatic heterocycles. The van der Waals surface area contributed by atoms with Gasteiger partial charge in [0.05, 0.1) is 18.2 Å². The Labute approximate surface area is 201 Å². The van der Waals surface area contributed by atoms with E-state index in [1.54, 1.807) is 48.9 Å². The molecule has 170 valence electrons. The van der Waals surface area contributed by atoms with Gasteiger partial charge in [-0.2, -0.15) is 0 Å². The highest BCUT2D eigenvalue weighted by molar-refractivity contribution is 7.99. The average molecular weight is 494 g/mol. The Morgan fingerprint density at radius 3 is 2.41 bits per heavy atom. The lowest BCUT2D eigenvalue weighted by Gasteiger charge is -2.05. The summed E-state index contributed by atoms with van der Waals surface area (Å²) < 4.78 is 24.0. The van der Waals surface area contributed by atoms with Crippen molar-refractivity contribution in [3.8, 4) is 34.2 Å². The van der Waals surface area contributed by atoms with Crippen molar-refractivity contribution in [3.05, 3.63) is 72.3 Å². The molecule has 0 fully saturated rings. The monoisotopic (exact) mass is 493 g/mol. The second-order valence-electron chi connectivity index (χ2n) is 6.94. The van der Waals surface area contributed by atoms with E-state index in [1.165, 1.54) is 35.2 Å². The van der Waals surface area contributed by atoms with Crippen LogP contribution in [0.25, 0.3) is 34.2 Å². The number of hydrogen-bond donors (Lipinski definition) is 1. The minimum atomic E-state index is -0.309. The Morgan fingerprint density at radius 1 is 0.971 bits per heavy atom. The smallest absolute Gasteiger partial charge is 0.226 e. The quantitative estimate of drug-likeness (QED) is 0.271. The van der Waals surface area contributed by atoms with Crippen LogP contribution in [-0.4, -0.2) is 31.8 Å². The predicted molar refractivity (Wildman–Crippen MR) is 127 cm³/mol. The maximum absolute atomic E-state index is 13.1. The summed E-state index contributed by atoms with van der Waals surface area (Å²) in [7, 11) is 0. The van der Waals surface area contributed by atoms with E-state index in [1.807, 2.05) is 5.38 Å². The standard InChI is InChI=1S/C23H16FN5O3S2/c24-15-7-5-14(6-8-15)16-13-34-22(25-16)26-19(30)9-12-33-23-27-20(17-3-1-10-31-17)21(28-29-23)18-4-2-11-32-18/h1-8,10-11,13H,9,12H2,(H,25,26,30). The number of nitrogens with zero attached hydrogens (tertiary/aromatic N) is 4. The predicted octanol–water partition coefficient (Wildman–Crippen LogP) is 5.78. The van der Waals surface area contributed by atoms with Crippen molar-refractivity contribution in [2.24, 2.45) is 0 Å². The van der Waals surface area contributed by atoms with Crippen LogP contribution in [0.3, 0.4) is 0 Å². The molecule has 0 saturated carbocycles. The van der Waals surface area contributed by atoms with Gasteiger partial charge in [-0.25, -0.2) is 14.4 Å². The molecule has 0 unspecified atom stereocenters. The zero-order valence-corrected chi connectivity index (χ0v) is 19.1. The molecule has 1 amide bonds. The molecule has 0 saturated heterocycles. The highest BCUT2D eigenvalue weighted by atomic mass is 32.2. The van der Waals surface area contributed by atoms with E-state index in [-0.39, 0.29) is 18.1 Å². The molecular weight excluding hydrogens is 477 g/mol. The number of thioether (sulfide) groups is 1. The fraction of sp³-hybridized carbons (Fsp3) is 0.0870. The molecule has 0 radical (unpaired) electrons. The summed E-state index contributed by atoms with van der Waals surface area (Å²) in [6.07, 6.45) is 3.34. The molecule has 5 rings (SSSR count). The van der Waals surface area contributed by atoms with E-state index in [0.717, 1.165) is 5.56 Å². The second-order valence-corrected chi connectivity index (χ2v) is 8.86. The number of benzene rings is 1. The normalized spacial score (nSPS) is 11.0. The molecule has 1 aromatic carbocycles. The Kier molecular flexibility index (Phi) is 6.45. The Hall–Kier alpha value is -3.83. The Bertz CT molecular complexity index is 1390. The number of aromatic nitrogens is 4. The maximum atomic E-state index is 13.1. The summed E-state index contributed by atoms with van der Waals surface area (Å²) in [5, 5.41) is 13.9. The molecule has 4 aromatic heterocycles. The summed E-state index contributed by atoms with van der Waals surface area (Å²) in [6.45, 7) is 0. The van der Waals surface area contributed by atoms with Gasteiger partial charge in [0.15, 0.2) is 22.3 Å². The van der Waals surface area contributed by atoms with Gasteiger partial charge in [0.25, 0.3) is 0 Å². The third kappa shape index (κ3) is 5.05. The van der Waals surface area contributed by atoms with E-state index < -0.39 is 0 Å². The maximum Gasteiger partial charge on any atom is 0.226 e. The highest BCUT2D eigenvalue weighted by Gasteiger charge is 2.18. The SMILES string of the molecule is O=C(CCSc1nnc(-c2ccco2)c(-c2ccco2)n1)Nc1nc(-c2ccc(F)cc2)cs1. The number of halogens is 1. The fourth-order valence-electron chi connectivity index (χ4n) is 3.04. The van der Waals surface area contributed by atoms with Gasteiger partial charge in [-0.3, -0.25) is 4.79 Å². The molecule has 34 heavy (non-hydrogen) atoms. The van der Waals surface area contributed by atoms with Gasteiger partial charge in [-0.05, 0) is 48.5 Å². The van der Waals surface area contributed by atoms with Gasteiger partial charge >= 0.3 is 0 Å². The summed E-state index contributed by atoms with van der Waals surface area (Å²) in [5.41, 5.74) is 2.45. The van der Waals surface area contributed by atoms with Gasteiger partial charge in [0.2, 0.25) is 11.1 Å².